The van der Waals surface area contributed by atoms with E-state index in [0.29, 0.717) is 22.8 Å². The maximum absolute atomic E-state index is 12.1. The van der Waals surface area contributed by atoms with Crippen molar-refractivity contribution in [1.82, 2.24) is 0 Å². The highest BCUT2D eigenvalue weighted by Crippen LogP contribution is 2.34. The Labute approximate surface area is 111 Å². The van der Waals surface area contributed by atoms with Crippen molar-refractivity contribution in [3.05, 3.63) is 35.0 Å². The van der Waals surface area contributed by atoms with Gasteiger partial charge < -0.3 is 4.42 Å². The number of rotatable bonds is 1. The van der Waals surface area contributed by atoms with Gasteiger partial charge in [-0.2, -0.15) is 0 Å². The van der Waals surface area contributed by atoms with Crippen molar-refractivity contribution in [2.24, 2.45) is 0 Å². The molecule has 18 heavy (non-hydrogen) atoms. The van der Waals surface area contributed by atoms with E-state index in [1.807, 2.05) is 24.3 Å². The van der Waals surface area contributed by atoms with Crippen molar-refractivity contribution >= 4 is 28.4 Å². The monoisotopic (exact) mass is 262 g/mol. The van der Waals surface area contributed by atoms with Crippen LogP contribution < -0.4 is 0 Å². The topological polar surface area (TPSA) is 30.2 Å². The average molecular weight is 263 g/mol. The van der Waals surface area contributed by atoms with E-state index in [1.165, 1.54) is 0 Å². The lowest BCUT2D eigenvalue weighted by Gasteiger charge is -2.08. The van der Waals surface area contributed by atoms with Crippen molar-refractivity contribution in [3.63, 3.8) is 0 Å². The molecule has 2 nitrogen and oxygen atoms in total. The van der Waals surface area contributed by atoms with E-state index in [9.17, 15) is 4.79 Å². The van der Waals surface area contributed by atoms with Crippen molar-refractivity contribution in [3.8, 4) is 0 Å². The molecule has 1 aromatic carbocycles. The summed E-state index contributed by atoms with van der Waals surface area (Å²) < 4.78 is 5.81. The number of Topliss-reactive ketones (excluding diaryl/α,β-unsaturated/α-hetero) is 1. The van der Waals surface area contributed by atoms with Gasteiger partial charge in [-0.1, -0.05) is 36.6 Å². The molecule has 1 aromatic heterocycles. The highest BCUT2D eigenvalue weighted by atomic mass is 35.5. The van der Waals surface area contributed by atoms with Crippen LogP contribution in [0.4, 0.5) is 0 Å². The summed E-state index contributed by atoms with van der Waals surface area (Å²) in [5.41, 5.74) is 0.700. The molecule has 0 amide bonds. The maximum Gasteiger partial charge on any atom is 0.152 e. The zero-order valence-corrected chi connectivity index (χ0v) is 10.9. The van der Waals surface area contributed by atoms with Gasteiger partial charge >= 0.3 is 0 Å². The van der Waals surface area contributed by atoms with Gasteiger partial charge in [0.1, 0.15) is 11.5 Å². The molecular formula is C15H15ClO2. The minimum Gasteiger partial charge on any atom is -0.459 e. The van der Waals surface area contributed by atoms with Crippen molar-refractivity contribution in [2.75, 3.05) is 0 Å². The lowest BCUT2D eigenvalue weighted by atomic mass is 9.96. The van der Waals surface area contributed by atoms with Gasteiger partial charge in [0, 0.05) is 11.8 Å². The minimum atomic E-state index is -0.0732. The summed E-state index contributed by atoms with van der Waals surface area (Å²) in [6, 6.07) is 7.65. The Morgan fingerprint density at radius 3 is 2.94 bits per heavy atom. The molecular weight excluding hydrogens is 248 g/mol. The van der Waals surface area contributed by atoms with Gasteiger partial charge in [0.25, 0.3) is 0 Å². The highest BCUT2D eigenvalue weighted by Gasteiger charge is 2.25. The molecule has 1 atom stereocenters. The van der Waals surface area contributed by atoms with Crippen LogP contribution in [-0.2, 0) is 4.79 Å². The van der Waals surface area contributed by atoms with Crippen molar-refractivity contribution in [2.45, 2.75) is 38.0 Å². The van der Waals surface area contributed by atoms with E-state index < -0.39 is 0 Å². The molecule has 1 heterocycles. The number of carbonyl (C=O) groups is 1. The quantitative estimate of drug-likeness (QED) is 0.697. The lowest BCUT2D eigenvalue weighted by molar-refractivity contribution is -0.120. The number of benzene rings is 1. The van der Waals surface area contributed by atoms with Crippen molar-refractivity contribution in [1.29, 1.82) is 0 Å². The standard InChI is InChI=1S/C15H15ClO2/c16-12-7-4-5-10-9-14(18-15(10)12)11-6-2-1-3-8-13(11)17/h4-5,7,9,11H,1-3,6,8H2. The third-order valence-corrected chi connectivity index (χ3v) is 3.96. The molecule has 0 bridgehead atoms. The molecule has 0 spiro atoms. The maximum atomic E-state index is 12.1. The van der Waals surface area contributed by atoms with Gasteiger partial charge in [-0.25, -0.2) is 0 Å². The second-order valence-electron chi connectivity index (χ2n) is 4.93. The Bertz CT molecular complexity index is 585. The number of halogens is 1. The first-order valence-electron chi connectivity index (χ1n) is 6.46. The van der Waals surface area contributed by atoms with E-state index in [4.69, 9.17) is 16.0 Å². The van der Waals surface area contributed by atoms with Crippen LogP contribution in [0.5, 0.6) is 0 Å². The number of hydrogen-bond donors (Lipinski definition) is 0. The molecule has 0 aliphatic heterocycles. The third kappa shape index (κ3) is 2.05. The molecule has 0 radical (unpaired) electrons. The summed E-state index contributed by atoms with van der Waals surface area (Å²) in [5, 5.41) is 1.59. The fourth-order valence-corrected chi connectivity index (χ4v) is 2.90. The average Bonchev–Trinajstić information content (AvgIpc) is 2.67. The molecule has 1 fully saturated rings. The Morgan fingerprint density at radius 1 is 1.22 bits per heavy atom. The first kappa shape index (κ1) is 11.8. The molecule has 94 valence electrons. The van der Waals surface area contributed by atoms with E-state index in [1.54, 1.807) is 0 Å². The normalized spacial score (nSPS) is 21.2. The number of hydrogen-bond acceptors (Lipinski definition) is 2. The number of fused-ring (bicyclic) bond motifs is 1. The zero-order valence-electron chi connectivity index (χ0n) is 10.1. The number of para-hydroxylation sites is 1. The van der Waals surface area contributed by atoms with Crippen LogP contribution in [0.3, 0.4) is 0 Å². The predicted octanol–water partition coefficient (Wildman–Crippen LogP) is 4.70. The van der Waals surface area contributed by atoms with Crippen LogP contribution in [0.2, 0.25) is 5.02 Å². The Balaban J connectivity index is 2.02. The fraction of sp³-hybridized carbons (Fsp3) is 0.400. The van der Waals surface area contributed by atoms with Gasteiger partial charge in [-0.3, -0.25) is 4.79 Å². The molecule has 1 aliphatic carbocycles. The van der Waals surface area contributed by atoms with Crippen LogP contribution in [0, 0.1) is 0 Å². The second kappa shape index (κ2) is 4.77. The summed E-state index contributed by atoms with van der Waals surface area (Å²) in [4.78, 5) is 12.1. The Hall–Kier alpha value is -1.28. The van der Waals surface area contributed by atoms with Gasteiger partial charge in [0.15, 0.2) is 5.58 Å². The van der Waals surface area contributed by atoms with Crippen LogP contribution in [0.25, 0.3) is 11.0 Å². The van der Waals surface area contributed by atoms with Gasteiger partial charge in [-0.05, 0) is 25.0 Å². The van der Waals surface area contributed by atoms with Crippen LogP contribution in [0.1, 0.15) is 43.8 Å². The molecule has 1 saturated carbocycles. The van der Waals surface area contributed by atoms with Gasteiger partial charge in [0.2, 0.25) is 0 Å². The molecule has 1 unspecified atom stereocenters. The van der Waals surface area contributed by atoms with E-state index in [-0.39, 0.29) is 5.92 Å². The number of furan rings is 1. The van der Waals surface area contributed by atoms with Gasteiger partial charge in [-0.15, -0.1) is 0 Å². The number of ketones is 1. The van der Waals surface area contributed by atoms with E-state index in [0.717, 1.165) is 36.8 Å². The summed E-state index contributed by atoms with van der Waals surface area (Å²) in [6.07, 6.45) is 4.83. The molecule has 1 aliphatic rings. The van der Waals surface area contributed by atoms with Crippen LogP contribution in [0.15, 0.2) is 28.7 Å². The Morgan fingerprint density at radius 2 is 2.11 bits per heavy atom. The predicted molar refractivity (Wildman–Crippen MR) is 72.1 cm³/mol. The molecule has 0 N–H and O–H groups in total. The summed E-state index contributed by atoms with van der Waals surface area (Å²) in [7, 11) is 0. The number of carbonyl (C=O) groups excluding carboxylic acids is 1. The fourth-order valence-electron chi connectivity index (χ4n) is 2.68. The zero-order chi connectivity index (χ0) is 12.5. The van der Waals surface area contributed by atoms with Crippen LogP contribution >= 0.6 is 11.6 Å². The largest absolute Gasteiger partial charge is 0.459 e. The van der Waals surface area contributed by atoms with E-state index >= 15 is 0 Å². The summed E-state index contributed by atoms with van der Waals surface area (Å²) in [6.45, 7) is 0. The van der Waals surface area contributed by atoms with E-state index in [2.05, 4.69) is 0 Å². The minimum absolute atomic E-state index is 0.0732. The highest BCUT2D eigenvalue weighted by molar-refractivity contribution is 6.34. The van der Waals surface area contributed by atoms with Crippen LogP contribution in [-0.4, -0.2) is 5.78 Å². The SMILES string of the molecule is O=C1CCCCCC1c1cc2cccc(Cl)c2o1. The summed E-state index contributed by atoms with van der Waals surface area (Å²) >= 11 is 6.10. The first-order chi connectivity index (χ1) is 8.75. The second-order valence-corrected chi connectivity index (χ2v) is 5.33. The summed E-state index contributed by atoms with van der Waals surface area (Å²) in [5.74, 6) is 1.02. The smallest absolute Gasteiger partial charge is 0.152 e. The first-order valence-corrected chi connectivity index (χ1v) is 6.84. The molecule has 3 rings (SSSR count). The lowest BCUT2D eigenvalue weighted by Crippen LogP contribution is -2.09. The molecule has 0 saturated heterocycles. The molecule has 2 aromatic rings. The third-order valence-electron chi connectivity index (χ3n) is 3.66. The van der Waals surface area contributed by atoms with Gasteiger partial charge in [0.05, 0.1) is 10.9 Å². The Kier molecular flexibility index (Phi) is 3.13. The molecule has 3 heteroatoms. The van der Waals surface area contributed by atoms with Crippen molar-refractivity contribution < 1.29 is 9.21 Å².